The van der Waals surface area contributed by atoms with Gasteiger partial charge in [-0.1, -0.05) is 41.5 Å². The largest absolute Gasteiger partial charge is 0.479 e. The summed E-state index contributed by atoms with van der Waals surface area (Å²) < 4.78 is 4.90. The van der Waals surface area contributed by atoms with E-state index in [0.29, 0.717) is 0 Å². The third kappa shape index (κ3) is 16.2. The van der Waals surface area contributed by atoms with Crippen LogP contribution in [0.25, 0.3) is 0 Å². The molecule has 2 nitrogen and oxygen atoms in total. The third-order valence-corrected chi connectivity index (χ3v) is 0.737. The number of ether oxygens (including phenoxy) is 1. The summed E-state index contributed by atoms with van der Waals surface area (Å²) in [4.78, 5) is 3.93. The topological polar surface area (TPSA) is 21.6 Å². The van der Waals surface area contributed by atoms with Crippen LogP contribution in [-0.4, -0.2) is 19.0 Å². The van der Waals surface area contributed by atoms with E-state index in [4.69, 9.17) is 4.74 Å². The molecule has 0 N–H and O–H groups in total. The molecule has 1 aliphatic rings. The molecule has 0 saturated heterocycles. The molecule has 1 heterocycles. The quantitative estimate of drug-likeness (QED) is 0.552. The van der Waals surface area contributed by atoms with Crippen LogP contribution in [0.1, 0.15) is 48.5 Å². The molecule has 0 aromatic heterocycles. The van der Waals surface area contributed by atoms with Crippen molar-refractivity contribution >= 4 is 5.90 Å². The van der Waals surface area contributed by atoms with Crippen molar-refractivity contribution in [3.63, 3.8) is 0 Å². The highest BCUT2D eigenvalue weighted by atomic mass is 16.5. The Kier molecular flexibility index (Phi) is 32.8. The minimum Gasteiger partial charge on any atom is -0.479 e. The molecule has 0 saturated carbocycles. The second-order valence-electron chi connectivity index (χ2n) is 1.25. The van der Waals surface area contributed by atoms with Crippen LogP contribution in [0.3, 0.4) is 0 Å². The first-order valence-electron chi connectivity index (χ1n) is 5.03. The molecule has 0 aromatic carbocycles. The fourth-order valence-electron chi connectivity index (χ4n) is 0.442. The van der Waals surface area contributed by atoms with Gasteiger partial charge in [0.25, 0.3) is 0 Å². The van der Waals surface area contributed by atoms with Crippen molar-refractivity contribution in [3.05, 3.63) is 0 Å². The molecular formula is C10H25NO. The van der Waals surface area contributed by atoms with E-state index >= 15 is 0 Å². The van der Waals surface area contributed by atoms with Gasteiger partial charge in [-0.2, -0.15) is 0 Å². The summed E-state index contributed by atoms with van der Waals surface area (Å²) in [6, 6.07) is 0. The lowest BCUT2D eigenvalue weighted by atomic mass is 10.8. The first kappa shape index (κ1) is 17.5. The van der Waals surface area contributed by atoms with Gasteiger partial charge in [0.2, 0.25) is 0 Å². The Balaban J connectivity index is -0.000000117. The van der Waals surface area contributed by atoms with E-state index in [-0.39, 0.29) is 0 Å². The Morgan fingerprint density at radius 2 is 1.42 bits per heavy atom. The van der Waals surface area contributed by atoms with E-state index in [0.717, 1.165) is 19.0 Å². The first-order chi connectivity index (χ1) is 5.89. The summed E-state index contributed by atoms with van der Waals surface area (Å²) in [6.45, 7) is 15.5. The van der Waals surface area contributed by atoms with E-state index in [1.807, 2.05) is 48.5 Å². The van der Waals surface area contributed by atoms with E-state index in [1.54, 1.807) is 0 Å². The minimum absolute atomic E-state index is 0.784. The molecule has 0 spiro atoms. The smallest absolute Gasteiger partial charge is 0.180 e. The number of rotatable bonds is 0. The summed E-state index contributed by atoms with van der Waals surface area (Å²) in [7, 11) is 0. The van der Waals surface area contributed by atoms with Gasteiger partial charge in [0.1, 0.15) is 6.61 Å². The van der Waals surface area contributed by atoms with Gasteiger partial charge in [0, 0.05) is 6.92 Å². The van der Waals surface area contributed by atoms with Crippen molar-refractivity contribution in [2.24, 2.45) is 4.99 Å². The molecule has 76 valence electrons. The summed E-state index contributed by atoms with van der Waals surface area (Å²) in [5.41, 5.74) is 0. The maximum absolute atomic E-state index is 4.90. The SMILES string of the molecule is CC.CC.CC.CC1=NCCO1. The Hall–Kier alpha value is -0.530. The molecule has 0 fully saturated rings. The molecule has 0 atom stereocenters. The number of aliphatic imine (C=N–C) groups is 1. The molecule has 1 rings (SSSR count). The normalized spacial score (nSPS) is 11.4. The molecule has 0 amide bonds. The van der Waals surface area contributed by atoms with E-state index in [2.05, 4.69) is 4.99 Å². The second kappa shape index (κ2) is 22.4. The molecule has 0 aliphatic carbocycles. The van der Waals surface area contributed by atoms with Gasteiger partial charge in [-0.3, -0.25) is 4.99 Å². The maximum atomic E-state index is 4.90. The molecule has 0 radical (unpaired) electrons. The Labute approximate surface area is 78.0 Å². The van der Waals surface area contributed by atoms with Gasteiger partial charge in [0.05, 0.1) is 6.54 Å². The Morgan fingerprint density at radius 3 is 1.50 bits per heavy atom. The Bertz CT molecular complexity index is 79.9. The maximum Gasteiger partial charge on any atom is 0.180 e. The molecule has 0 bridgehead atoms. The molecule has 2 heteroatoms. The fraction of sp³-hybridized carbons (Fsp3) is 0.900. The highest BCUT2D eigenvalue weighted by Gasteiger charge is 1.96. The van der Waals surface area contributed by atoms with Crippen molar-refractivity contribution in [1.82, 2.24) is 0 Å². The van der Waals surface area contributed by atoms with Crippen molar-refractivity contribution in [1.29, 1.82) is 0 Å². The van der Waals surface area contributed by atoms with E-state index in [1.165, 1.54) is 0 Å². The van der Waals surface area contributed by atoms with Crippen LogP contribution < -0.4 is 0 Å². The summed E-state index contributed by atoms with van der Waals surface area (Å²) in [6.07, 6.45) is 0. The van der Waals surface area contributed by atoms with E-state index < -0.39 is 0 Å². The number of hydrogen-bond acceptors (Lipinski definition) is 2. The molecule has 0 aromatic rings. The first-order valence-corrected chi connectivity index (χ1v) is 5.03. The van der Waals surface area contributed by atoms with Crippen LogP contribution in [0.15, 0.2) is 4.99 Å². The molecule has 12 heavy (non-hydrogen) atoms. The zero-order chi connectivity index (χ0) is 10.4. The number of hydrogen-bond donors (Lipinski definition) is 0. The standard InChI is InChI=1S/C4H7NO.3C2H6/c1-4-5-2-3-6-4;3*1-2/h2-3H2,1H3;3*1-2H3. The highest BCUT2D eigenvalue weighted by molar-refractivity contribution is 5.74. The summed E-state index contributed by atoms with van der Waals surface area (Å²) >= 11 is 0. The highest BCUT2D eigenvalue weighted by Crippen LogP contribution is 1.89. The predicted molar refractivity (Wildman–Crippen MR) is 58.0 cm³/mol. The lowest BCUT2D eigenvalue weighted by Crippen LogP contribution is -1.89. The van der Waals surface area contributed by atoms with Crippen molar-refractivity contribution in [2.75, 3.05) is 13.2 Å². The van der Waals surface area contributed by atoms with E-state index in [9.17, 15) is 0 Å². The van der Waals surface area contributed by atoms with Crippen molar-refractivity contribution in [3.8, 4) is 0 Å². The second-order valence-corrected chi connectivity index (χ2v) is 1.25. The zero-order valence-corrected chi connectivity index (χ0v) is 9.77. The van der Waals surface area contributed by atoms with Gasteiger partial charge in [0.15, 0.2) is 5.90 Å². The lowest BCUT2D eigenvalue weighted by Gasteiger charge is -1.86. The van der Waals surface area contributed by atoms with Crippen LogP contribution >= 0.6 is 0 Å². The third-order valence-electron chi connectivity index (χ3n) is 0.737. The fourth-order valence-corrected chi connectivity index (χ4v) is 0.442. The minimum atomic E-state index is 0.784. The Morgan fingerprint density at radius 1 is 1.00 bits per heavy atom. The predicted octanol–water partition coefficient (Wildman–Crippen LogP) is 3.51. The summed E-state index contributed by atoms with van der Waals surface area (Å²) in [5.74, 6) is 0.829. The van der Waals surface area contributed by atoms with Crippen molar-refractivity contribution < 1.29 is 4.74 Å². The molecule has 1 aliphatic heterocycles. The van der Waals surface area contributed by atoms with Crippen LogP contribution in [0.2, 0.25) is 0 Å². The average Bonchev–Trinajstić information content (AvgIpc) is 2.66. The average molecular weight is 175 g/mol. The van der Waals surface area contributed by atoms with Crippen LogP contribution in [0, 0.1) is 0 Å². The van der Waals surface area contributed by atoms with Gasteiger partial charge < -0.3 is 4.74 Å². The van der Waals surface area contributed by atoms with Crippen LogP contribution in [0.5, 0.6) is 0 Å². The van der Waals surface area contributed by atoms with Gasteiger partial charge in [-0.25, -0.2) is 0 Å². The van der Waals surface area contributed by atoms with Gasteiger partial charge >= 0.3 is 0 Å². The van der Waals surface area contributed by atoms with Gasteiger partial charge in [-0.05, 0) is 0 Å². The van der Waals surface area contributed by atoms with Crippen molar-refractivity contribution in [2.45, 2.75) is 48.5 Å². The number of nitrogens with zero attached hydrogens (tertiary/aromatic N) is 1. The monoisotopic (exact) mass is 175 g/mol. The summed E-state index contributed by atoms with van der Waals surface area (Å²) in [5, 5.41) is 0. The van der Waals surface area contributed by atoms with Gasteiger partial charge in [-0.15, -0.1) is 0 Å². The molecule has 0 unspecified atom stereocenters. The van der Waals surface area contributed by atoms with Crippen LogP contribution in [-0.2, 0) is 4.74 Å². The lowest BCUT2D eigenvalue weighted by molar-refractivity contribution is 0.345. The zero-order valence-electron chi connectivity index (χ0n) is 9.77. The molecular weight excluding hydrogens is 150 g/mol. The van der Waals surface area contributed by atoms with Crippen LogP contribution in [0.4, 0.5) is 0 Å².